The van der Waals surface area contributed by atoms with Gasteiger partial charge >= 0.3 is 0 Å². The van der Waals surface area contributed by atoms with Gasteiger partial charge in [-0.2, -0.15) is 0 Å². The minimum atomic E-state index is -1.47. The van der Waals surface area contributed by atoms with Gasteiger partial charge in [-0.25, -0.2) is 10.4 Å². The lowest BCUT2D eigenvalue weighted by molar-refractivity contribution is -0.130. The van der Waals surface area contributed by atoms with Crippen molar-refractivity contribution in [3.63, 3.8) is 0 Å². The molecule has 1 amide bonds. The SMILES string of the molecule is CCOc1ccccc1CCNNC(=O)[C@@]1(Cc2ccccc2CN=[N+]=[N-])N=C(c2ccc(OCCCO)cc2)O[C@H]1c1ccccc1Br. The van der Waals surface area contributed by atoms with Gasteiger partial charge in [0.05, 0.1) is 19.8 Å². The summed E-state index contributed by atoms with van der Waals surface area (Å²) in [5.41, 5.74) is 17.7. The number of para-hydroxylation sites is 1. The summed E-state index contributed by atoms with van der Waals surface area (Å²) >= 11 is 3.69. The fraction of sp³-hybridized carbons (Fsp3) is 0.297. The zero-order valence-electron chi connectivity index (χ0n) is 27.2. The van der Waals surface area contributed by atoms with E-state index in [-0.39, 0.29) is 25.5 Å². The zero-order valence-corrected chi connectivity index (χ0v) is 28.8. The third-order valence-corrected chi connectivity index (χ3v) is 8.82. The average Bonchev–Trinajstić information content (AvgIpc) is 3.51. The summed E-state index contributed by atoms with van der Waals surface area (Å²) < 4.78 is 18.9. The number of aliphatic hydroxyl groups is 1. The maximum Gasteiger partial charge on any atom is 0.266 e. The molecule has 4 aromatic carbocycles. The Hall–Kier alpha value is -4.87. The molecule has 0 unspecified atom stereocenters. The van der Waals surface area contributed by atoms with Crippen LogP contribution >= 0.6 is 15.9 Å². The molecule has 0 fully saturated rings. The monoisotopic (exact) mass is 726 g/mol. The van der Waals surface area contributed by atoms with Crippen LogP contribution in [-0.4, -0.2) is 48.8 Å². The first kappa shape index (κ1) is 35.4. The van der Waals surface area contributed by atoms with Crippen molar-refractivity contribution in [2.75, 3.05) is 26.4 Å². The average molecular weight is 728 g/mol. The van der Waals surface area contributed by atoms with Crippen LogP contribution in [0.25, 0.3) is 10.4 Å². The summed E-state index contributed by atoms with van der Waals surface area (Å²) in [6, 6.07) is 30.3. The molecule has 0 radical (unpaired) electrons. The normalized spacial score (nSPS) is 16.6. The Morgan fingerprint density at radius 1 is 1.00 bits per heavy atom. The van der Waals surface area contributed by atoms with Gasteiger partial charge in [-0.1, -0.05) is 81.7 Å². The lowest BCUT2D eigenvalue weighted by atomic mass is 9.81. The third-order valence-electron chi connectivity index (χ3n) is 8.09. The minimum Gasteiger partial charge on any atom is -0.494 e. The van der Waals surface area contributed by atoms with Gasteiger partial charge < -0.3 is 19.3 Å². The van der Waals surface area contributed by atoms with Crippen molar-refractivity contribution >= 4 is 27.7 Å². The number of halogens is 1. The predicted molar refractivity (Wildman–Crippen MR) is 191 cm³/mol. The summed E-state index contributed by atoms with van der Waals surface area (Å²) in [5, 5.41) is 12.9. The predicted octanol–water partition coefficient (Wildman–Crippen LogP) is 6.78. The van der Waals surface area contributed by atoms with Crippen LogP contribution in [0.1, 0.15) is 47.3 Å². The summed E-state index contributed by atoms with van der Waals surface area (Å²) in [4.78, 5) is 22.7. The lowest BCUT2D eigenvalue weighted by Crippen LogP contribution is -2.54. The molecule has 0 saturated carbocycles. The Bertz CT molecular complexity index is 1800. The fourth-order valence-corrected chi connectivity index (χ4v) is 6.18. The molecular weight excluding hydrogens is 688 g/mol. The molecule has 1 aliphatic rings. The number of aliphatic hydroxyl groups excluding tert-OH is 1. The van der Waals surface area contributed by atoms with Gasteiger partial charge in [0, 0.05) is 46.5 Å². The number of benzene rings is 4. The molecule has 11 nitrogen and oxygen atoms in total. The van der Waals surface area contributed by atoms with Crippen molar-refractivity contribution in [2.24, 2.45) is 10.1 Å². The Morgan fingerprint density at radius 3 is 2.45 bits per heavy atom. The molecule has 0 bridgehead atoms. The second kappa shape index (κ2) is 17.5. The van der Waals surface area contributed by atoms with E-state index in [1.54, 1.807) is 0 Å². The summed E-state index contributed by atoms with van der Waals surface area (Å²) in [6.07, 6.45) is 0.468. The Labute approximate surface area is 294 Å². The number of nitrogens with one attached hydrogen (secondary N) is 2. The van der Waals surface area contributed by atoms with Crippen LogP contribution in [0.3, 0.4) is 0 Å². The van der Waals surface area contributed by atoms with Crippen LogP contribution in [0.15, 0.2) is 112 Å². The number of hydrogen-bond donors (Lipinski definition) is 3. The van der Waals surface area contributed by atoms with E-state index in [0.29, 0.717) is 49.8 Å². The smallest absolute Gasteiger partial charge is 0.266 e. The van der Waals surface area contributed by atoms with E-state index in [0.717, 1.165) is 32.5 Å². The van der Waals surface area contributed by atoms with Crippen molar-refractivity contribution in [3.8, 4) is 11.5 Å². The topological polar surface area (TPSA) is 150 Å². The number of carbonyl (C=O) groups excluding carboxylic acids is 1. The van der Waals surface area contributed by atoms with Crippen LogP contribution in [0, 0.1) is 0 Å². The third kappa shape index (κ3) is 8.79. The summed E-state index contributed by atoms with van der Waals surface area (Å²) in [7, 11) is 0. The second-order valence-corrected chi connectivity index (χ2v) is 12.2. The van der Waals surface area contributed by atoms with Crippen LogP contribution in [0.2, 0.25) is 0 Å². The molecule has 4 aromatic rings. The molecule has 1 aliphatic heterocycles. The first-order valence-electron chi connectivity index (χ1n) is 16.2. The molecule has 0 saturated heterocycles. The molecule has 49 heavy (non-hydrogen) atoms. The van der Waals surface area contributed by atoms with Crippen LogP contribution in [0.5, 0.6) is 11.5 Å². The highest BCUT2D eigenvalue weighted by Gasteiger charge is 2.54. The van der Waals surface area contributed by atoms with Crippen molar-refractivity contribution in [2.45, 2.75) is 44.4 Å². The molecule has 1 heterocycles. The Kier molecular flexibility index (Phi) is 12.7. The summed E-state index contributed by atoms with van der Waals surface area (Å²) in [5.74, 6) is 1.37. The standard InChI is InChI=1S/C37H39BrN6O5/c1-2-47-33-15-8-5-10-26(33)20-21-40-43-36(46)37(24-28-11-3-4-12-29(28)25-41-44-39)34(31-13-6-7-14-32(31)38)49-35(42-37)27-16-18-30(19-17-27)48-23-9-22-45/h3-8,10-19,34,40,45H,2,9,20-25H2,1H3,(H,43,46)/t34-,37-/m0/s1. The number of rotatable bonds is 17. The zero-order chi connectivity index (χ0) is 34.5. The Balaban J connectivity index is 1.52. The molecule has 0 aliphatic carbocycles. The van der Waals surface area contributed by atoms with E-state index in [2.05, 4.69) is 36.8 Å². The van der Waals surface area contributed by atoms with Crippen molar-refractivity contribution < 1.29 is 24.1 Å². The van der Waals surface area contributed by atoms with E-state index >= 15 is 0 Å². The number of nitrogens with zero attached hydrogens (tertiary/aromatic N) is 4. The molecule has 0 aromatic heterocycles. The van der Waals surface area contributed by atoms with Crippen molar-refractivity contribution in [1.29, 1.82) is 0 Å². The van der Waals surface area contributed by atoms with Gasteiger partial charge in [-0.3, -0.25) is 10.2 Å². The molecular formula is C37H39BrN6O5. The van der Waals surface area contributed by atoms with E-state index in [4.69, 9.17) is 29.8 Å². The number of ether oxygens (including phenoxy) is 3. The number of aliphatic imine (C=N–C) groups is 1. The highest BCUT2D eigenvalue weighted by atomic mass is 79.9. The van der Waals surface area contributed by atoms with Crippen molar-refractivity contribution in [1.82, 2.24) is 10.9 Å². The van der Waals surface area contributed by atoms with E-state index < -0.39 is 11.6 Å². The Morgan fingerprint density at radius 2 is 1.71 bits per heavy atom. The highest BCUT2D eigenvalue weighted by molar-refractivity contribution is 9.10. The molecule has 3 N–H and O–H groups in total. The quantitative estimate of drug-likeness (QED) is 0.0359. The molecule has 254 valence electrons. The minimum absolute atomic E-state index is 0.0464. The van der Waals surface area contributed by atoms with E-state index in [1.807, 2.05) is 104 Å². The van der Waals surface area contributed by atoms with Crippen molar-refractivity contribution in [3.05, 3.63) is 140 Å². The highest BCUT2D eigenvalue weighted by Crippen LogP contribution is 2.45. The van der Waals surface area contributed by atoms with Gasteiger partial charge in [0.2, 0.25) is 5.90 Å². The lowest BCUT2D eigenvalue weighted by Gasteiger charge is -2.32. The van der Waals surface area contributed by atoms with E-state index in [9.17, 15) is 4.79 Å². The number of amides is 1. The molecule has 2 atom stereocenters. The van der Waals surface area contributed by atoms with E-state index in [1.165, 1.54) is 0 Å². The first-order chi connectivity index (χ1) is 24.0. The van der Waals surface area contributed by atoms with Gasteiger partial charge in [0.1, 0.15) is 11.5 Å². The maximum atomic E-state index is 14.6. The van der Waals surface area contributed by atoms with Gasteiger partial charge in [-0.15, -0.1) is 0 Å². The number of azide groups is 1. The summed E-state index contributed by atoms with van der Waals surface area (Å²) in [6.45, 7) is 3.50. The van der Waals surface area contributed by atoms with Gasteiger partial charge in [0.25, 0.3) is 5.91 Å². The molecule has 12 heteroatoms. The second-order valence-electron chi connectivity index (χ2n) is 11.3. The van der Waals surface area contributed by atoms with Gasteiger partial charge in [-0.05, 0) is 72.0 Å². The van der Waals surface area contributed by atoms with Crippen LogP contribution in [-0.2, 0) is 28.9 Å². The number of carbonyl (C=O) groups is 1. The van der Waals surface area contributed by atoms with Gasteiger partial charge in [0.15, 0.2) is 11.6 Å². The van der Waals surface area contributed by atoms with Crippen LogP contribution in [0.4, 0.5) is 0 Å². The molecule has 5 rings (SSSR count). The number of hydrogen-bond acceptors (Lipinski definition) is 8. The number of hydrazine groups is 1. The fourth-order valence-electron chi connectivity index (χ4n) is 5.68. The first-order valence-corrected chi connectivity index (χ1v) is 16.9. The maximum absolute atomic E-state index is 14.6. The van der Waals surface area contributed by atoms with Crippen LogP contribution < -0.4 is 20.3 Å². The largest absolute Gasteiger partial charge is 0.494 e. The molecule has 0 spiro atoms.